The van der Waals surface area contributed by atoms with E-state index in [1.54, 1.807) is 4.57 Å². The summed E-state index contributed by atoms with van der Waals surface area (Å²) in [5.41, 5.74) is -2.22. The molecular formula is C22H25ClF3N5O3. The molecule has 0 saturated heterocycles. The number of unbranched alkanes of at least 4 members (excludes halogenated alkanes) is 1. The van der Waals surface area contributed by atoms with E-state index in [0.29, 0.717) is 12.6 Å². The van der Waals surface area contributed by atoms with Crippen LogP contribution < -0.4 is 16.6 Å². The van der Waals surface area contributed by atoms with Crippen LogP contribution in [0.4, 0.5) is 18.9 Å². The highest BCUT2D eigenvalue weighted by Crippen LogP contribution is 2.36. The molecule has 12 heteroatoms. The Morgan fingerprint density at radius 1 is 1.21 bits per heavy atom. The highest BCUT2D eigenvalue weighted by molar-refractivity contribution is 6.31. The second kappa shape index (κ2) is 10.0. The molecule has 0 bridgehead atoms. The van der Waals surface area contributed by atoms with E-state index in [2.05, 4.69) is 10.3 Å². The minimum Gasteiger partial charge on any atom is -0.325 e. The number of anilines is 1. The van der Waals surface area contributed by atoms with E-state index in [1.165, 1.54) is 17.0 Å². The van der Waals surface area contributed by atoms with Crippen molar-refractivity contribution >= 4 is 34.4 Å². The molecule has 0 unspecified atom stereocenters. The van der Waals surface area contributed by atoms with Gasteiger partial charge in [-0.3, -0.25) is 14.2 Å². The van der Waals surface area contributed by atoms with E-state index >= 15 is 0 Å². The average Bonchev–Trinajstić information content (AvgIpc) is 3.17. The normalized spacial score (nSPS) is 12.0. The third-order valence-electron chi connectivity index (χ3n) is 5.14. The van der Waals surface area contributed by atoms with Gasteiger partial charge in [0.1, 0.15) is 6.54 Å². The summed E-state index contributed by atoms with van der Waals surface area (Å²) in [4.78, 5) is 43.2. The zero-order valence-electron chi connectivity index (χ0n) is 18.9. The van der Waals surface area contributed by atoms with Gasteiger partial charge in [0.2, 0.25) is 5.91 Å². The van der Waals surface area contributed by atoms with Gasteiger partial charge in [0.25, 0.3) is 5.56 Å². The minimum absolute atomic E-state index is 0.0522. The summed E-state index contributed by atoms with van der Waals surface area (Å²) in [6.45, 7) is 5.90. The molecule has 3 aromatic rings. The zero-order chi connectivity index (χ0) is 25.2. The maximum atomic E-state index is 13.2. The number of alkyl halides is 3. The van der Waals surface area contributed by atoms with Crippen LogP contribution in [0.3, 0.4) is 0 Å². The number of imidazole rings is 1. The molecule has 0 radical (unpaired) electrons. The van der Waals surface area contributed by atoms with Crippen LogP contribution in [0.2, 0.25) is 5.02 Å². The zero-order valence-corrected chi connectivity index (χ0v) is 19.7. The summed E-state index contributed by atoms with van der Waals surface area (Å²) in [6.07, 6.45) is -1.55. The second-order valence-corrected chi connectivity index (χ2v) is 8.79. The molecule has 1 N–H and O–H groups in total. The van der Waals surface area contributed by atoms with E-state index < -0.39 is 40.5 Å². The topological polar surface area (TPSA) is 90.9 Å². The fourth-order valence-corrected chi connectivity index (χ4v) is 3.79. The highest BCUT2D eigenvalue weighted by Gasteiger charge is 2.33. The summed E-state index contributed by atoms with van der Waals surface area (Å²) >= 11 is 5.61. The number of fused-ring (bicyclic) bond motifs is 1. The van der Waals surface area contributed by atoms with Crippen molar-refractivity contribution < 1.29 is 18.0 Å². The Bertz CT molecular complexity index is 1320. The monoisotopic (exact) mass is 499 g/mol. The van der Waals surface area contributed by atoms with E-state index in [1.807, 2.05) is 20.8 Å². The third-order valence-corrected chi connectivity index (χ3v) is 5.47. The number of rotatable bonds is 8. The number of hydrogen-bond donors (Lipinski definition) is 1. The Balaban J connectivity index is 2.01. The number of nitrogens with one attached hydrogen (secondary N) is 1. The van der Waals surface area contributed by atoms with Crippen molar-refractivity contribution in [3.63, 3.8) is 0 Å². The standard InChI is InChI=1S/C22H25ClF3N5O3/c1-4-5-8-29-12-27-19-18(29)20(33)31(21(34)30(19)10-13(2)3)11-17(32)28-14-6-7-16(23)15(9-14)22(24,25)26/h6-7,9,12-13H,4-5,8,10-11H2,1-3H3,(H,28,32). The van der Waals surface area contributed by atoms with Crippen LogP contribution in [0.5, 0.6) is 0 Å². The van der Waals surface area contributed by atoms with Crippen LogP contribution in [0.15, 0.2) is 34.1 Å². The Morgan fingerprint density at radius 3 is 2.53 bits per heavy atom. The van der Waals surface area contributed by atoms with Gasteiger partial charge in [-0.15, -0.1) is 0 Å². The van der Waals surface area contributed by atoms with Crippen molar-refractivity contribution in [2.45, 2.75) is 59.4 Å². The van der Waals surface area contributed by atoms with Gasteiger partial charge in [-0.05, 0) is 30.5 Å². The van der Waals surface area contributed by atoms with Crippen molar-refractivity contribution in [2.24, 2.45) is 5.92 Å². The second-order valence-electron chi connectivity index (χ2n) is 8.38. The lowest BCUT2D eigenvalue weighted by atomic mass is 10.2. The fourth-order valence-electron chi connectivity index (χ4n) is 3.57. The average molecular weight is 500 g/mol. The van der Waals surface area contributed by atoms with Crippen LogP contribution >= 0.6 is 11.6 Å². The SMILES string of the molecule is CCCCn1cnc2c1c(=O)n(CC(=O)Nc1ccc(Cl)c(C(F)(F)F)c1)c(=O)n2CC(C)C. The number of amides is 1. The maximum Gasteiger partial charge on any atom is 0.417 e. The summed E-state index contributed by atoms with van der Waals surface area (Å²) in [5, 5.41) is 1.80. The Kier molecular flexibility index (Phi) is 7.54. The predicted octanol–water partition coefficient (Wildman–Crippen LogP) is 4.13. The van der Waals surface area contributed by atoms with Gasteiger partial charge in [0.05, 0.1) is 16.9 Å². The van der Waals surface area contributed by atoms with Crippen LogP contribution in [0, 0.1) is 5.92 Å². The van der Waals surface area contributed by atoms with Crippen LogP contribution in [-0.4, -0.2) is 24.6 Å². The summed E-state index contributed by atoms with van der Waals surface area (Å²) in [7, 11) is 0. The highest BCUT2D eigenvalue weighted by atomic mass is 35.5. The molecule has 8 nitrogen and oxygen atoms in total. The van der Waals surface area contributed by atoms with Gasteiger partial charge in [0.15, 0.2) is 11.2 Å². The third kappa shape index (κ3) is 5.35. The smallest absolute Gasteiger partial charge is 0.325 e. The number of benzene rings is 1. The number of aromatic nitrogens is 4. The molecule has 0 fully saturated rings. The first-order valence-corrected chi connectivity index (χ1v) is 11.2. The van der Waals surface area contributed by atoms with Gasteiger partial charge in [-0.2, -0.15) is 13.2 Å². The Labute approximate surface area is 198 Å². The molecule has 0 spiro atoms. The molecule has 0 aliphatic rings. The molecule has 184 valence electrons. The molecule has 3 rings (SSSR count). The molecule has 0 aliphatic carbocycles. The quantitative estimate of drug-likeness (QED) is 0.504. The van der Waals surface area contributed by atoms with Crippen molar-refractivity contribution in [2.75, 3.05) is 5.32 Å². The summed E-state index contributed by atoms with van der Waals surface area (Å²) in [6, 6.07) is 2.92. The van der Waals surface area contributed by atoms with Gasteiger partial charge >= 0.3 is 11.9 Å². The number of hydrogen-bond acceptors (Lipinski definition) is 4. The fraction of sp³-hybridized carbons (Fsp3) is 0.455. The first kappa shape index (κ1) is 25.5. The summed E-state index contributed by atoms with van der Waals surface area (Å²) in [5.74, 6) is -0.777. The maximum absolute atomic E-state index is 13.2. The molecule has 1 aromatic carbocycles. The van der Waals surface area contributed by atoms with Crippen molar-refractivity contribution in [3.05, 3.63) is 56.0 Å². The van der Waals surface area contributed by atoms with Crippen molar-refractivity contribution in [3.8, 4) is 0 Å². The van der Waals surface area contributed by atoms with Crippen LogP contribution in [-0.2, 0) is 30.6 Å². The van der Waals surface area contributed by atoms with E-state index in [4.69, 9.17) is 11.6 Å². The molecule has 0 aliphatic heterocycles. The number of carbonyl (C=O) groups is 1. The first-order valence-electron chi connectivity index (χ1n) is 10.8. The minimum atomic E-state index is -4.71. The molecule has 34 heavy (non-hydrogen) atoms. The number of halogens is 4. The van der Waals surface area contributed by atoms with Crippen molar-refractivity contribution in [1.82, 2.24) is 18.7 Å². The molecule has 0 saturated carbocycles. The number of aryl methyl sites for hydroxylation is 1. The molecule has 2 heterocycles. The number of nitrogens with zero attached hydrogens (tertiary/aromatic N) is 4. The predicted molar refractivity (Wildman–Crippen MR) is 123 cm³/mol. The van der Waals surface area contributed by atoms with E-state index in [-0.39, 0.29) is 29.3 Å². The van der Waals surface area contributed by atoms with Crippen LogP contribution in [0.1, 0.15) is 39.2 Å². The van der Waals surface area contributed by atoms with Crippen LogP contribution in [0.25, 0.3) is 11.2 Å². The molecule has 1 amide bonds. The molecule has 2 aromatic heterocycles. The van der Waals surface area contributed by atoms with Gasteiger partial charge < -0.3 is 9.88 Å². The Hall–Kier alpha value is -3.08. The molecule has 0 atom stereocenters. The largest absolute Gasteiger partial charge is 0.417 e. The molecular weight excluding hydrogens is 475 g/mol. The lowest BCUT2D eigenvalue weighted by molar-refractivity contribution is -0.137. The van der Waals surface area contributed by atoms with Crippen molar-refractivity contribution in [1.29, 1.82) is 0 Å². The van der Waals surface area contributed by atoms with Gasteiger partial charge in [-0.25, -0.2) is 14.3 Å². The summed E-state index contributed by atoms with van der Waals surface area (Å²) < 4.78 is 43.1. The van der Waals surface area contributed by atoms with Gasteiger partial charge in [0, 0.05) is 18.8 Å². The number of carbonyl (C=O) groups excluding carboxylic acids is 1. The first-order chi connectivity index (χ1) is 15.9. The Morgan fingerprint density at radius 2 is 1.91 bits per heavy atom. The van der Waals surface area contributed by atoms with Gasteiger partial charge in [-0.1, -0.05) is 38.8 Å². The van der Waals surface area contributed by atoms with E-state index in [0.717, 1.165) is 23.5 Å². The lowest BCUT2D eigenvalue weighted by Crippen LogP contribution is -2.43. The van der Waals surface area contributed by atoms with E-state index in [9.17, 15) is 27.6 Å². The lowest BCUT2D eigenvalue weighted by Gasteiger charge is -2.15.